The van der Waals surface area contributed by atoms with E-state index in [1.807, 2.05) is 6.07 Å². The van der Waals surface area contributed by atoms with E-state index in [4.69, 9.17) is 14.2 Å². The molecule has 0 unspecified atom stereocenters. The van der Waals surface area contributed by atoms with Gasteiger partial charge in [0.2, 0.25) is 6.79 Å². The number of benzene rings is 1. The first-order chi connectivity index (χ1) is 16.0. The third kappa shape index (κ3) is 3.95. The van der Waals surface area contributed by atoms with E-state index < -0.39 is 0 Å². The number of fused-ring (bicyclic) bond motifs is 3. The lowest BCUT2D eigenvalue weighted by Crippen LogP contribution is -2.49. The maximum absolute atomic E-state index is 12.9. The number of nitrogens with zero attached hydrogens (tertiary/aromatic N) is 2. The molecule has 2 saturated heterocycles. The molecule has 1 aromatic carbocycles. The topological polar surface area (TPSA) is 51.2 Å². The lowest BCUT2D eigenvalue weighted by Gasteiger charge is -2.50. The summed E-state index contributed by atoms with van der Waals surface area (Å²) in [6, 6.07) is 6.23. The van der Waals surface area contributed by atoms with Crippen LogP contribution in [0.25, 0.3) is 0 Å². The maximum Gasteiger partial charge on any atom is 0.310 e. The molecule has 0 aromatic heterocycles. The summed E-state index contributed by atoms with van der Waals surface area (Å²) in [5.41, 5.74) is 2.94. The van der Waals surface area contributed by atoms with Crippen LogP contribution in [0, 0.1) is 23.2 Å². The van der Waals surface area contributed by atoms with Crippen molar-refractivity contribution in [3.05, 3.63) is 35.9 Å². The third-order valence-electron chi connectivity index (χ3n) is 9.08. The molecule has 1 aromatic rings. The second-order valence-electron chi connectivity index (χ2n) is 11.2. The number of piperazine rings is 1. The Labute approximate surface area is 196 Å². The van der Waals surface area contributed by atoms with Crippen molar-refractivity contribution in [2.24, 2.45) is 23.2 Å². The van der Waals surface area contributed by atoms with Gasteiger partial charge in [-0.3, -0.25) is 14.6 Å². The van der Waals surface area contributed by atoms with Crippen molar-refractivity contribution in [3.63, 3.8) is 0 Å². The van der Waals surface area contributed by atoms with E-state index in [0.29, 0.717) is 18.6 Å². The van der Waals surface area contributed by atoms with Crippen LogP contribution in [-0.2, 0) is 16.1 Å². The highest BCUT2D eigenvalue weighted by Gasteiger charge is 2.55. The van der Waals surface area contributed by atoms with Gasteiger partial charge in [-0.1, -0.05) is 25.1 Å². The first-order valence-corrected chi connectivity index (χ1v) is 12.7. The number of rotatable bonds is 4. The molecule has 5 atom stereocenters. The van der Waals surface area contributed by atoms with Crippen LogP contribution in [0.2, 0.25) is 0 Å². The molecule has 6 heteroatoms. The Hall–Kier alpha value is -2.05. The van der Waals surface area contributed by atoms with Crippen LogP contribution in [0.3, 0.4) is 0 Å². The van der Waals surface area contributed by atoms with Gasteiger partial charge in [-0.05, 0) is 61.1 Å². The van der Waals surface area contributed by atoms with Crippen molar-refractivity contribution in [2.45, 2.75) is 51.7 Å². The zero-order chi connectivity index (χ0) is 22.6. The third-order valence-corrected chi connectivity index (χ3v) is 9.08. The van der Waals surface area contributed by atoms with Crippen LogP contribution in [-0.4, -0.2) is 61.4 Å². The molecular weight excluding hydrogens is 416 g/mol. The van der Waals surface area contributed by atoms with E-state index >= 15 is 0 Å². The van der Waals surface area contributed by atoms with Gasteiger partial charge in [0.1, 0.15) is 6.10 Å². The number of ether oxygens (including phenoxy) is 3. The molecule has 6 rings (SSSR count). The van der Waals surface area contributed by atoms with Crippen LogP contribution in [0.15, 0.2) is 30.4 Å². The van der Waals surface area contributed by atoms with Crippen LogP contribution < -0.4 is 9.47 Å². The van der Waals surface area contributed by atoms with E-state index in [1.54, 1.807) is 0 Å². The summed E-state index contributed by atoms with van der Waals surface area (Å²) in [7, 11) is 0. The molecule has 6 nitrogen and oxygen atoms in total. The Morgan fingerprint density at radius 1 is 1.12 bits per heavy atom. The Balaban J connectivity index is 1.05. The molecule has 3 heterocycles. The first kappa shape index (κ1) is 21.5. The smallest absolute Gasteiger partial charge is 0.310 e. The molecule has 0 radical (unpaired) electrons. The van der Waals surface area contributed by atoms with E-state index in [2.05, 4.69) is 35.4 Å². The molecule has 0 spiro atoms. The van der Waals surface area contributed by atoms with Crippen molar-refractivity contribution in [1.29, 1.82) is 0 Å². The Bertz CT molecular complexity index is 940. The highest BCUT2D eigenvalue weighted by molar-refractivity contribution is 5.75. The summed E-state index contributed by atoms with van der Waals surface area (Å²) >= 11 is 0. The molecule has 3 aliphatic heterocycles. The summed E-state index contributed by atoms with van der Waals surface area (Å²) in [6.07, 6.45) is 5.85. The zero-order valence-corrected chi connectivity index (χ0v) is 19.8. The highest BCUT2D eigenvalue weighted by atomic mass is 16.7. The van der Waals surface area contributed by atoms with Crippen molar-refractivity contribution < 1.29 is 19.0 Å². The molecule has 5 aliphatic rings. The Kier molecular flexibility index (Phi) is 5.41. The van der Waals surface area contributed by atoms with Gasteiger partial charge in [0, 0.05) is 45.2 Å². The zero-order valence-electron chi connectivity index (χ0n) is 19.8. The van der Waals surface area contributed by atoms with E-state index in [-0.39, 0.29) is 23.4 Å². The second kappa shape index (κ2) is 8.31. The lowest BCUT2D eigenvalue weighted by atomic mass is 9.55. The summed E-state index contributed by atoms with van der Waals surface area (Å²) in [6.45, 7) is 12.9. The first-order valence-electron chi connectivity index (χ1n) is 12.7. The minimum absolute atomic E-state index is 0.0229. The number of hydrogen-bond acceptors (Lipinski definition) is 6. The minimum atomic E-state index is 0.0229. The fourth-order valence-corrected chi connectivity index (χ4v) is 7.17. The van der Waals surface area contributed by atoms with Gasteiger partial charge in [0.05, 0.1) is 5.92 Å². The molecule has 33 heavy (non-hydrogen) atoms. The summed E-state index contributed by atoms with van der Waals surface area (Å²) in [5, 5.41) is 0. The minimum Gasteiger partial charge on any atom is -0.462 e. The summed E-state index contributed by atoms with van der Waals surface area (Å²) in [5.74, 6) is 2.67. The monoisotopic (exact) mass is 452 g/mol. The standard InChI is InChI=1S/C27H36N2O4/c1-18-4-3-7-27(2)14-25-20(13-22(18)27)21(26(30)33-25)16-29-10-8-28(9-11-29)15-19-5-6-23-24(12-19)32-17-31-23/h5-6,12,20-22,25H,1,3-4,7-11,13-17H2,2H3/t20-,21-,22-,25+,27+/m0/s1. The number of hydrogen-bond donors (Lipinski definition) is 0. The fourth-order valence-electron chi connectivity index (χ4n) is 7.17. The number of allylic oxidation sites excluding steroid dienone is 1. The van der Waals surface area contributed by atoms with Crippen molar-refractivity contribution in [1.82, 2.24) is 9.80 Å². The Morgan fingerprint density at radius 3 is 2.76 bits per heavy atom. The second-order valence-corrected chi connectivity index (χ2v) is 11.2. The molecule has 0 N–H and O–H groups in total. The summed E-state index contributed by atoms with van der Waals surface area (Å²) in [4.78, 5) is 17.9. The Morgan fingerprint density at radius 2 is 1.91 bits per heavy atom. The van der Waals surface area contributed by atoms with Crippen molar-refractivity contribution in [3.8, 4) is 11.5 Å². The van der Waals surface area contributed by atoms with Gasteiger partial charge < -0.3 is 14.2 Å². The average molecular weight is 453 g/mol. The van der Waals surface area contributed by atoms with Gasteiger partial charge in [-0.15, -0.1) is 0 Å². The largest absolute Gasteiger partial charge is 0.462 e. The van der Waals surface area contributed by atoms with Gasteiger partial charge in [-0.25, -0.2) is 0 Å². The lowest BCUT2D eigenvalue weighted by molar-refractivity contribution is -0.146. The number of carbonyl (C=O) groups excluding carboxylic acids is 1. The predicted octanol–water partition coefficient (Wildman–Crippen LogP) is 3.85. The van der Waals surface area contributed by atoms with E-state index in [0.717, 1.165) is 70.0 Å². The van der Waals surface area contributed by atoms with Crippen LogP contribution >= 0.6 is 0 Å². The van der Waals surface area contributed by atoms with Crippen LogP contribution in [0.5, 0.6) is 11.5 Å². The molecular formula is C27H36N2O4. The van der Waals surface area contributed by atoms with Crippen LogP contribution in [0.1, 0.15) is 44.6 Å². The molecule has 0 bridgehead atoms. The molecule has 4 fully saturated rings. The van der Waals surface area contributed by atoms with E-state index in [1.165, 1.54) is 24.0 Å². The number of carbonyl (C=O) groups is 1. The number of esters is 1. The molecule has 0 amide bonds. The van der Waals surface area contributed by atoms with Crippen molar-refractivity contribution in [2.75, 3.05) is 39.5 Å². The maximum atomic E-state index is 12.9. The molecule has 2 aliphatic carbocycles. The summed E-state index contributed by atoms with van der Waals surface area (Å²) < 4.78 is 16.9. The average Bonchev–Trinajstić information content (AvgIpc) is 3.37. The van der Waals surface area contributed by atoms with Gasteiger partial charge >= 0.3 is 5.97 Å². The van der Waals surface area contributed by atoms with E-state index in [9.17, 15) is 4.79 Å². The fraction of sp³-hybridized carbons (Fsp3) is 0.667. The van der Waals surface area contributed by atoms with Gasteiger partial charge in [0.25, 0.3) is 0 Å². The quantitative estimate of drug-likeness (QED) is 0.511. The SMILES string of the molecule is C=C1CCC[C@]2(C)C[C@H]3OC(=O)[C@@H](CN4CCN(Cc5ccc6c(c5)OCO6)CC4)[C@@H]3C[C@@H]12. The highest BCUT2D eigenvalue weighted by Crippen LogP contribution is 2.57. The molecule has 178 valence electrons. The molecule has 2 saturated carbocycles. The van der Waals surface area contributed by atoms with Gasteiger partial charge in [-0.2, -0.15) is 0 Å². The van der Waals surface area contributed by atoms with Gasteiger partial charge in [0.15, 0.2) is 11.5 Å². The van der Waals surface area contributed by atoms with Crippen molar-refractivity contribution >= 4 is 5.97 Å². The normalized spacial score (nSPS) is 36.4. The predicted molar refractivity (Wildman–Crippen MR) is 125 cm³/mol. The van der Waals surface area contributed by atoms with Crippen LogP contribution in [0.4, 0.5) is 0 Å².